The number of hydrogen-bond donors (Lipinski definition) is 3. The van der Waals surface area contributed by atoms with Gasteiger partial charge in [-0.05, 0) is 29.8 Å². The minimum atomic E-state index is -3.86. The van der Waals surface area contributed by atoms with Crippen LogP contribution in [0.1, 0.15) is 27.6 Å². The number of halogens is 2. The predicted molar refractivity (Wildman–Crippen MR) is 111 cm³/mol. The van der Waals surface area contributed by atoms with Crippen molar-refractivity contribution in [2.24, 2.45) is 0 Å². The Labute approximate surface area is 178 Å². The molecule has 0 fully saturated rings. The summed E-state index contributed by atoms with van der Waals surface area (Å²) in [6.07, 6.45) is -1.40. The zero-order chi connectivity index (χ0) is 22.4. The lowest BCUT2D eigenvalue weighted by Crippen LogP contribution is -2.29. The van der Waals surface area contributed by atoms with Crippen LogP contribution in [0.2, 0.25) is 0 Å². The van der Waals surface area contributed by atoms with E-state index in [0.717, 1.165) is 17.7 Å². The Morgan fingerprint density at radius 1 is 0.968 bits per heavy atom. The molecular formula is C22H20F2N2O4S. The molecular weight excluding hydrogens is 426 g/mol. The van der Waals surface area contributed by atoms with E-state index < -0.39 is 33.7 Å². The molecule has 0 radical (unpaired) electrons. The van der Waals surface area contributed by atoms with E-state index in [-0.39, 0.29) is 29.1 Å². The largest absolute Gasteiger partial charge is 0.386 e. The van der Waals surface area contributed by atoms with Crippen molar-refractivity contribution in [2.75, 3.05) is 6.54 Å². The Bertz CT molecular complexity index is 1170. The summed E-state index contributed by atoms with van der Waals surface area (Å²) in [6.45, 7) is -0.250. The van der Waals surface area contributed by atoms with Crippen molar-refractivity contribution < 1.29 is 27.1 Å². The van der Waals surface area contributed by atoms with Gasteiger partial charge in [-0.15, -0.1) is 0 Å². The number of hydrogen-bond acceptors (Lipinski definition) is 4. The number of aliphatic hydroxyl groups is 1. The van der Waals surface area contributed by atoms with Crippen molar-refractivity contribution in [3.63, 3.8) is 0 Å². The molecule has 0 aliphatic rings. The number of benzene rings is 3. The molecule has 3 N–H and O–H groups in total. The van der Waals surface area contributed by atoms with Crippen LogP contribution in [0.15, 0.2) is 77.7 Å². The summed E-state index contributed by atoms with van der Waals surface area (Å²) in [5, 5.41) is 12.5. The fourth-order valence-corrected chi connectivity index (χ4v) is 3.90. The molecule has 0 saturated carbocycles. The summed E-state index contributed by atoms with van der Waals surface area (Å²) in [6, 6.07) is 17.1. The second-order valence-corrected chi connectivity index (χ2v) is 8.50. The third-order valence-corrected chi connectivity index (χ3v) is 5.89. The van der Waals surface area contributed by atoms with E-state index in [1.54, 1.807) is 24.3 Å². The summed E-state index contributed by atoms with van der Waals surface area (Å²) in [4.78, 5) is 12.3. The average molecular weight is 446 g/mol. The molecule has 1 unspecified atom stereocenters. The van der Waals surface area contributed by atoms with Gasteiger partial charge in [0.1, 0.15) is 11.6 Å². The van der Waals surface area contributed by atoms with Gasteiger partial charge in [-0.25, -0.2) is 21.9 Å². The first-order chi connectivity index (χ1) is 14.8. The second-order valence-electron chi connectivity index (χ2n) is 6.73. The van der Waals surface area contributed by atoms with Crippen LogP contribution in [0, 0.1) is 11.6 Å². The van der Waals surface area contributed by atoms with Crippen LogP contribution >= 0.6 is 0 Å². The first-order valence-corrected chi connectivity index (χ1v) is 10.8. The van der Waals surface area contributed by atoms with E-state index >= 15 is 0 Å². The highest BCUT2D eigenvalue weighted by Crippen LogP contribution is 2.18. The molecule has 0 spiro atoms. The average Bonchev–Trinajstić information content (AvgIpc) is 2.76. The van der Waals surface area contributed by atoms with Crippen LogP contribution in [-0.2, 0) is 16.6 Å². The molecule has 3 aromatic rings. The first kappa shape index (κ1) is 22.5. The van der Waals surface area contributed by atoms with Crippen LogP contribution < -0.4 is 10.0 Å². The van der Waals surface area contributed by atoms with Crippen LogP contribution in [0.4, 0.5) is 8.78 Å². The third kappa shape index (κ3) is 5.94. The summed E-state index contributed by atoms with van der Waals surface area (Å²) in [5.74, 6) is -2.36. The molecule has 3 aromatic carbocycles. The summed E-state index contributed by atoms with van der Waals surface area (Å²) >= 11 is 0. The number of sulfonamides is 1. The second kappa shape index (κ2) is 9.78. The quantitative estimate of drug-likeness (QED) is 0.496. The van der Waals surface area contributed by atoms with Crippen molar-refractivity contribution in [3.8, 4) is 0 Å². The SMILES string of the molecule is O=C(NCC(O)c1ccc(F)cc1F)c1cccc(S(=O)(=O)NCc2ccccc2)c1. The van der Waals surface area contributed by atoms with E-state index in [1.807, 2.05) is 6.07 Å². The molecule has 0 aliphatic carbocycles. The minimum Gasteiger partial charge on any atom is -0.386 e. The maximum atomic E-state index is 13.7. The van der Waals surface area contributed by atoms with Crippen molar-refractivity contribution in [1.29, 1.82) is 0 Å². The number of amides is 1. The smallest absolute Gasteiger partial charge is 0.251 e. The van der Waals surface area contributed by atoms with Gasteiger partial charge in [-0.1, -0.05) is 42.5 Å². The summed E-state index contributed by atoms with van der Waals surface area (Å²) < 4.78 is 54.3. The van der Waals surface area contributed by atoms with Gasteiger partial charge in [0, 0.05) is 30.3 Å². The Morgan fingerprint density at radius 3 is 2.42 bits per heavy atom. The van der Waals surface area contributed by atoms with E-state index in [9.17, 15) is 27.1 Å². The maximum Gasteiger partial charge on any atom is 0.251 e. The fraction of sp³-hybridized carbons (Fsp3) is 0.136. The van der Waals surface area contributed by atoms with Gasteiger partial charge in [0.2, 0.25) is 10.0 Å². The highest BCUT2D eigenvalue weighted by atomic mass is 32.2. The predicted octanol–water partition coefficient (Wildman–Crippen LogP) is 2.91. The lowest BCUT2D eigenvalue weighted by Gasteiger charge is -2.14. The molecule has 6 nitrogen and oxygen atoms in total. The third-order valence-electron chi connectivity index (χ3n) is 4.49. The van der Waals surface area contributed by atoms with Crippen molar-refractivity contribution in [2.45, 2.75) is 17.5 Å². The van der Waals surface area contributed by atoms with E-state index in [1.165, 1.54) is 24.3 Å². The molecule has 3 rings (SSSR count). The van der Waals surface area contributed by atoms with Gasteiger partial charge in [0.25, 0.3) is 5.91 Å². The lowest BCUT2D eigenvalue weighted by atomic mass is 10.1. The summed E-state index contributed by atoms with van der Waals surface area (Å²) in [7, 11) is -3.86. The fourth-order valence-electron chi connectivity index (χ4n) is 2.84. The number of nitrogens with one attached hydrogen (secondary N) is 2. The molecule has 1 atom stereocenters. The molecule has 162 valence electrons. The normalized spacial score (nSPS) is 12.4. The molecule has 0 aliphatic heterocycles. The molecule has 1 amide bonds. The van der Waals surface area contributed by atoms with Gasteiger partial charge in [0.15, 0.2) is 0 Å². The standard InChI is InChI=1S/C22H20F2N2O4S/c23-17-9-10-19(20(24)12-17)21(27)14-25-22(28)16-7-4-8-18(11-16)31(29,30)26-13-15-5-2-1-3-6-15/h1-12,21,26-27H,13-14H2,(H,25,28). The van der Waals surface area contributed by atoms with Gasteiger partial charge in [-0.3, -0.25) is 4.79 Å². The van der Waals surface area contributed by atoms with Crippen molar-refractivity contribution >= 4 is 15.9 Å². The highest BCUT2D eigenvalue weighted by Gasteiger charge is 2.18. The molecule has 0 bridgehead atoms. The number of carbonyl (C=O) groups excluding carboxylic acids is 1. The van der Waals surface area contributed by atoms with Crippen LogP contribution in [0.3, 0.4) is 0 Å². The van der Waals surface area contributed by atoms with Crippen LogP contribution in [-0.4, -0.2) is 26.0 Å². The Hall–Kier alpha value is -3.14. The first-order valence-electron chi connectivity index (χ1n) is 9.31. The monoisotopic (exact) mass is 446 g/mol. The van der Waals surface area contributed by atoms with Crippen LogP contribution in [0.25, 0.3) is 0 Å². The number of carbonyl (C=O) groups is 1. The highest BCUT2D eigenvalue weighted by molar-refractivity contribution is 7.89. The minimum absolute atomic E-state index is 0.0503. The van der Waals surface area contributed by atoms with Crippen LogP contribution in [0.5, 0.6) is 0 Å². The van der Waals surface area contributed by atoms with Crippen molar-refractivity contribution in [3.05, 3.63) is 101 Å². The Balaban J connectivity index is 1.65. The lowest BCUT2D eigenvalue weighted by molar-refractivity contribution is 0.0913. The van der Waals surface area contributed by atoms with Gasteiger partial charge in [-0.2, -0.15) is 0 Å². The number of aliphatic hydroxyl groups excluding tert-OH is 1. The van der Waals surface area contributed by atoms with E-state index in [2.05, 4.69) is 10.0 Å². The van der Waals surface area contributed by atoms with Gasteiger partial charge < -0.3 is 10.4 Å². The number of rotatable bonds is 8. The van der Waals surface area contributed by atoms with Gasteiger partial charge >= 0.3 is 0 Å². The zero-order valence-electron chi connectivity index (χ0n) is 16.3. The molecule has 31 heavy (non-hydrogen) atoms. The molecule has 0 heterocycles. The topological polar surface area (TPSA) is 95.5 Å². The Kier molecular flexibility index (Phi) is 7.11. The van der Waals surface area contributed by atoms with Gasteiger partial charge in [0.05, 0.1) is 11.0 Å². The summed E-state index contributed by atoms with van der Waals surface area (Å²) in [5.41, 5.74) is 0.666. The van der Waals surface area contributed by atoms with E-state index in [0.29, 0.717) is 6.07 Å². The molecule has 0 saturated heterocycles. The van der Waals surface area contributed by atoms with E-state index in [4.69, 9.17) is 0 Å². The molecule has 0 aromatic heterocycles. The zero-order valence-corrected chi connectivity index (χ0v) is 17.1. The Morgan fingerprint density at radius 2 is 1.71 bits per heavy atom. The maximum absolute atomic E-state index is 13.7. The molecule has 9 heteroatoms. The van der Waals surface area contributed by atoms with Crippen molar-refractivity contribution in [1.82, 2.24) is 10.0 Å².